The number of carboxylic acids is 1. The van der Waals surface area contributed by atoms with Crippen LogP contribution in [0.1, 0.15) is 55.8 Å². The highest BCUT2D eigenvalue weighted by Crippen LogP contribution is 2.44. The number of methoxy groups -OCH3 is 1. The molecule has 0 radical (unpaired) electrons. The maximum atomic E-state index is 15.7. The van der Waals surface area contributed by atoms with Gasteiger partial charge in [0.1, 0.15) is 17.7 Å². The van der Waals surface area contributed by atoms with Gasteiger partial charge in [0.2, 0.25) is 0 Å². The highest BCUT2D eigenvalue weighted by Gasteiger charge is 2.37. The Hall–Kier alpha value is -2.77. The molecule has 1 atom stereocenters. The van der Waals surface area contributed by atoms with E-state index in [9.17, 15) is 14.3 Å². The van der Waals surface area contributed by atoms with Gasteiger partial charge >= 0.3 is 5.97 Å². The Morgan fingerprint density at radius 3 is 2.62 bits per heavy atom. The number of hydrogen-bond acceptors (Lipinski definition) is 4. The van der Waals surface area contributed by atoms with Gasteiger partial charge in [-0.3, -0.25) is 9.78 Å². The van der Waals surface area contributed by atoms with Crippen molar-refractivity contribution in [2.24, 2.45) is 5.41 Å². The Morgan fingerprint density at radius 1 is 1.22 bits per heavy atom. The van der Waals surface area contributed by atoms with E-state index in [0.717, 1.165) is 38.0 Å². The van der Waals surface area contributed by atoms with Crippen LogP contribution in [0, 0.1) is 11.2 Å². The van der Waals surface area contributed by atoms with E-state index in [1.54, 1.807) is 25.3 Å². The molecule has 1 aliphatic heterocycles. The molecule has 198 valence electrons. The van der Waals surface area contributed by atoms with Gasteiger partial charge in [0.25, 0.3) is 0 Å². The molecule has 1 fully saturated rings. The summed E-state index contributed by atoms with van der Waals surface area (Å²) in [6.45, 7) is 2.46. The normalized spacial score (nSPS) is 16.5. The number of aliphatic carboxylic acids is 1. The first kappa shape index (κ1) is 27.3. The first-order valence-corrected chi connectivity index (χ1v) is 13.1. The molecule has 2 aromatic carbocycles. The number of aromatic nitrogens is 1. The van der Waals surface area contributed by atoms with E-state index in [1.165, 1.54) is 18.3 Å². The van der Waals surface area contributed by atoms with E-state index in [1.807, 2.05) is 12.1 Å². The molecule has 0 amide bonds. The van der Waals surface area contributed by atoms with Gasteiger partial charge in [0.05, 0.1) is 24.1 Å². The van der Waals surface area contributed by atoms with Crippen molar-refractivity contribution < 1.29 is 23.4 Å². The van der Waals surface area contributed by atoms with E-state index in [0.29, 0.717) is 41.5 Å². The fourth-order valence-corrected chi connectivity index (χ4v) is 5.70. The molecule has 1 unspecified atom stereocenters. The number of pyridine rings is 1. The third-order valence-electron chi connectivity index (χ3n) is 7.61. The second kappa shape index (κ2) is 12.2. The molecular formula is C29H33ClF2N2O3. The number of fused-ring (bicyclic) bond motifs is 1. The molecule has 37 heavy (non-hydrogen) atoms. The second-order valence-corrected chi connectivity index (χ2v) is 10.5. The standard InChI is InChI=1S/C29H33ClF2N2O3/c1-37-22-8-9-26-23(17-22)28(24(30)19-33-26)25(32)10-11-29(18-27(35)36)12-15-34(16-13-29)14-2-3-20-4-6-21(31)7-5-20/h4-9,17,19,25H,2-3,10-16,18H2,1H3,(H,35,36). The molecule has 1 aliphatic rings. The molecule has 0 saturated carbocycles. The maximum Gasteiger partial charge on any atom is 0.303 e. The summed E-state index contributed by atoms with van der Waals surface area (Å²) < 4.78 is 34.1. The van der Waals surface area contributed by atoms with Gasteiger partial charge in [0, 0.05) is 17.1 Å². The van der Waals surface area contributed by atoms with Gasteiger partial charge in [-0.05, 0) is 99.5 Å². The van der Waals surface area contributed by atoms with Crippen LogP contribution in [0.3, 0.4) is 0 Å². The zero-order valence-corrected chi connectivity index (χ0v) is 21.8. The van der Waals surface area contributed by atoms with Crippen molar-refractivity contribution in [2.45, 2.75) is 51.1 Å². The molecule has 8 heteroatoms. The molecule has 0 aliphatic carbocycles. The van der Waals surface area contributed by atoms with Crippen molar-refractivity contribution in [3.05, 3.63) is 70.6 Å². The number of aryl methyl sites for hydroxylation is 1. The Balaban J connectivity index is 1.38. The summed E-state index contributed by atoms with van der Waals surface area (Å²) in [5, 5.41) is 10.5. The summed E-state index contributed by atoms with van der Waals surface area (Å²) in [5.41, 5.74) is 1.68. The Bertz CT molecular complexity index is 1210. The Kier molecular flexibility index (Phi) is 8.98. The number of nitrogens with zero attached hydrogens (tertiary/aromatic N) is 2. The molecule has 1 N–H and O–H groups in total. The lowest BCUT2D eigenvalue weighted by Crippen LogP contribution is -2.41. The molecule has 0 spiro atoms. The lowest BCUT2D eigenvalue weighted by Gasteiger charge is -2.41. The van der Waals surface area contributed by atoms with Crippen LogP contribution in [-0.4, -0.2) is 47.7 Å². The number of ether oxygens (including phenoxy) is 1. The zero-order chi connectivity index (χ0) is 26.4. The molecule has 3 aromatic rings. The predicted octanol–water partition coefficient (Wildman–Crippen LogP) is 7.02. The summed E-state index contributed by atoms with van der Waals surface area (Å²) >= 11 is 6.39. The van der Waals surface area contributed by atoms with Gasteiger partial charge < -0.3 is 14.7 Å². The van der Waals surface area contributed by atoms with Crippen LogP contribution >= 0.6 is 11.6 Å². The molecule has 0 bridgehead atoms. The van der Waals surface area contributed by atoms with Gasteiger partial charge in [-0.25, -0.2) is 8.78 Å². The molecule has 1 aromatic heterocycles. The van der Waals surface area contributed by atoms with E-state index in [2.05, 4.69) is 9.88 Å². The fraction of sp³-hybridized carbons (Fsp3) is 0.448. The number of hydrogen-bond donors (Lipinski definition) is 1. The van der Waals surface area contributed by atoms with E-state index < -0.39 is 17.6 Å². The lowest BCUT2D eigenvalue weighted by molar-refractivity contribution is -0.141. The van der Waals surface area contributed by atoms with Crippen LogP contribution in [0.4, 0.5) is 8.78 Å². The fourth-order valence-electron chi connectivity index (χ4n) is 5.44. The second-order valence-electron chi connectivity index (χ2n) is 10.1. The Morgan fingerprint density at radius 2 is 1.95 bits per heavy atom. The van der Waals surface area contributed by atoms with Gasteiger partial charge in [-0.2, -0.15) is 0 Å². The first-order valence-electron chi connectivity index (χ1n) is 12.7. The van der Waals surface area contributed by atoms with Gasteiger partial charge in [-0.15, -0.1) is 0 Å². The van der Waals surface area contributed by atoms with E-state index in [-0.39, 0.29) is 23.7 Å². The summed E-state index contributed by atoms with van der Waals surface area (Å²) in [6, 6.07) is 11.9. The predicted molar refractivity (Wildman–Crippen MR) is 141 cm³/mol. The molecule has 2 heterocycles. The van der Waals surface area contributed by atoms with Crippen molar-refractivity contribution in [1.29, 1.82) is 0 Å². The number of piperidine rings is 1. The van der Waals surface area contributed by atoms with Gasteiger partial charge in [0.15, 0.2) is 0 Å². The minimum Gasteiger partial charge on any atom is -0.497 e. The maximum absolute atomic E-state index is 15.7. The quantitative estimate of drug-likeness (QED) is 0.289. The number of halogens is 3. The molecule has 1 saturated heterocycles. The number of alkyl halides is 1. The van der Waals surface area contributed by atoms with Crippen molar-refractivity contribution in [3.8, 4) is 5.75 Å². The lowest BCUT2D eigenvalue weighted by atomic mass is 9.71. The summed E-state index contributed by atoms with van der Waals surface area (Å²) in [5.74, 6) is -0.486. The number of likely N-dealkylation sites (tertiary alicyclic amines) is 1. The third-order valence-corrected chi connectivity index (χ3v) is 7.91. The van der Waals surface area contributed by atoms with Crippen LogP contribution < -0.4 is 4.74 Å². The highest BCUT2D eigenvalue weighted by molar-refractivity contribution is 6.32. The SMILES string of the molecule is COc1ccc2ncc(Cl)c(C(F)CCC3(CC(=O)O)CCN(CCCc4ccc(F)cc4)CC3)c2c1. The number of benzene rings is 2. The minimum absolute atomic E-state index is 0.0296. The molecular weight excluding hydrogens is 498 g/mol. The average Bonchev–Trinajstić information content (AvgIpc) is 2.89. The topological polar surface area (TPSA) is 62.7 Å². The molecule has 4 rings (SSSR count). The molecule has 5 nitrogen and oxygen atoms in total. The minimum atomic E-state index is -1.34. The number of carboxylic acid groups (broad SMARTS) is 1. The number of rotatable bonds is 11. The van der Waals surface area contributed by atoms with Crippen LogP contribution in [-0.2, 0) is 11.2 Å². The van der Waals surface area contributed by atoms with E-state index in [4.69, 9.17) is 16.3 Å². The zero-order valence-electron chi connectivity index (χ0n) is 21.1. The summed E-state index contributed by atoms with van der Waals surface area (Å²) in [7, 11) is 1.55. The van der Waals surface area contributed by atoms with Crippen LogP contribution in [0.2, 0.25) is 5.02 Å². The van der Waals surface area contributed by atoms with Crippen LogP contribution in [0.25, 0.3) is 10.9 Å². The van der Waals surface area contributed by atoms with Crippen molar-refractivity contribution >= 4 is 28.5 Å². The van der Waals surface area contributed by atoms with Crippen LogP contribution in [0.15, 0.2) is 48.7 Å². The third kappa shape index (κ3) is 6.96. The highest BCUT2D eigenvalue weighted by atomic mass is 35.5. The van der Waals surface area contributed by atoms with Crippen LogP contribution in [0.5, 0.6) is 5.75 Å². The number of carbonyl (C=O) groups is 1. The average molecular weight is 531 g/mol. The summed E-state index contributed by atoms with van der Waals surface area (Å²) in [4.78, 5) is 18.4. The Labute approximate surface area is 221 Å². The first-order chi connectivity index (χ1) is 17.8. The van der Waals surface area contributed by atoms with Gasteiger partial charge in [-0.1, -0.05) is 23.7 Å². The summed E-state index contributed by atoms with van der Waals surface area (Å²) in [6.07, 6.45) is 4.04. The smallest absolute Gasteiger partial charge is 0.303 e. The monoisotopic (exact) mass is 530 g/mol. The largest absolute Gasteiger partial charge is 0.497 e. The van der Waals surface area contributed by atoms with E-state index >= 15 is 4.39 Å². The van der Waals surface area contributed by atoms with Crippen molar-refractivity contribution in [1.82, 2.24) is 9.88 Å². The van der Waals surface area contributed by atoms with Crippen molar-refractivity contribution in [2.75, 3.05) is 26.7 Å². The van der Waals surface area contributed by atoms with Crippen molar-refractivity contribution in [3.63, 3.8) is 0 Å².